The van der Waals surface area contributed by atoms with Gasteiger partial charge in [0.2, 0.25) is 0 Å². The Morgan fingerprint density at radius 1 is 1.19 bits per heavy atom. The number of hydrogen-bond acceptors (Lipinski definition) is 4. The van der Waals surface area contributed by atoms with Crippen LogP contribution in [-0.4, -0.2) is 30.8 Å². The molecule has 2 heterocycles. The molecule has 0 bridgehead atoms. The number of nitrogens with one attached hydrogen (secondary N) is 2. The van der Waals surface area contributed by atoms with E-state index in [9.17, 15) is 14.4 Å². The number of thiophene rings is 1. The summed E-state index contributed by atoms with van der Waals surface area (Å²) in [5.41, 5.74) is 2.36. The van der Waals surface area contributed by atoms with Crippen molar-refractivity contribution >= 4 is 40.4 Å². The standard InChI is InChI=1S/C19H21N3O3S/c1-2-9-20-17(23)18(24)21-14-8-7-13-5-3-10-22(15(13)12-14)19(25)16-6-4-11-26-16/h4,6-8,11-12H,2-3,5,9-10H2,1H3,(H,20,23)(H,21,24). The number of rotatable bonds is 4. The summed E-state index contributed by atoms with van der Waals surface area (Å²) in [6.45, 7) is 3.01. The second kappa shape index (κ2) is 8.14. The number of fused-ring (bicyclic) bond motifs is 1. The first-order valence-corrected chi connectivity index (χ1v) is 9.55. The second-order valence-electron chi connectivity index (χ2n) is 6.09. The highest BCUT2D eigenvalue weighted by Gasteiger charge is 2.25. The predicted molar refractivity (Wildman–Crippen MR) is 103 cm³/mol. The molecule has 0 spiro atoms. The molecule has 2 N–H and O–H groups in total. The molecule has 1 aliphatic rings. The maximum atomic E-state index is 12.8. The monoisotopic (exact) mass is 371 g/mol. The van der Waals surface area contributed by atoms with Crippen LogP contribution in [0.4, 0.5) is 11.4 Å². The van der Waals surface area contributed by atoms with Gasteiger partial charge in [0, 0.05) is 24.5 Å². The van der Waals surface area contributed by atoms with Gasteiger partial charge in [-0.3, -0.25) is 14.4 Å². The molecule has 1 aliphatic heterocycles. The largest absolute Gasteiger partial charge is 0.348 e. The van der Waals surface area contributed by atoms with Gasteiger partial charge in [-0.25, -0.2) is 0 Å². The van der Waals surface area contributed by atoms with Crippen LogP contribution < -0.4 is 15.5 Å². The van der Waals surface area contributed by atoms with Crippen molar-refractivity contribution in [1.82, 2.24) is 5.32 Å². The number of hydrogen-bond donors (Lipinski definition) is 2. The van der Waals surface area contributed by atoms with E-state index in [4.69, 9.17) is 0 Å². The smallest absolute Gasteiger partial charge is 0.313 e. The predicted octanol–water partition coefficient (Wildman–Crippen LogP) is 2.81. The molecule has 6 nitrogen and oxygen atoms in total. The van der Waals surface area contributed by atoms with Crippen LogP contribution >= 0.6 is 11.3 Å². The van der Waals surface area contributed by atoms with Crippen LogP contribution in [0.1, 0.15) is 35.0 Å². The molecule has 3 rings (SSSR count). The fraction of sp³-hybridized carbons (Fsp3) is 0.316. The van der Waals surface area contributed by atoms with Crippen molar-refractivity contribution in [2.24, 2.45) is 0 Å². The summed E-state index contributed by atoms with van der Waals surface area (Å²) in [5, 5.41) is 7.03. The van der Waals surface area contributed by atoms with Gasteiger partial charge in [-0.15, -0.1) is 11.3 Å². The molecular formula is C19H21N3O3S. The first-order chi connectivity index (χ1) is 12.6. The molecule has 3 amide bonds. The summed E-state index contributed by atoms with van der Waals surface area (Å²) in [5.74, 6) is -1.40. The van der Waals surface area contributed by atoms with Crippen molar-refractivity contribution in [2.45, 2.75) is 26.2 Å². The molecule has 0 atom stereocenters. The van der Waals surface area contributed by atoms with Crippen molar-refractivity contribution in [3.8, 4) is 0 Å². The lowest BCUT2D eigenvalue weighted by Gasteiger charge is -2.29. The highest BCUT2D eigenvalue weighted by atomic mass is 32.1. The van der Waals surface area contributed by atoms with Crippen LogP contribution in [0.5, 0.6) is 0 Å². The molecule has 7 heteroatoms. The lowest BCUT2D eigenvalue weighted by atomic mass is 10.0. The summed E-state index contributed by atoms with van der Waals surface area (Å²) < 4.78 is 0. The Morgan fingerprint density at radius 3 is 2.77 bits per heavy atom. The Kier molecular flexibility index (Phi) is 5.68. The lowest BCUT2D eigenvalue weighted by Crippen LogP contribution is -2.36. The molecule has 1 aromatic carbocycles. The zero-order valence-corrected chi connectivity index (χ0v) is 15.4. The summed E-state index contributed by atoms with van der Waals surface area (Å²) in [6.07, 6.45) is 2.54. The summed E-state index contributed by atoms with van der Waals surface area (Å²) >= 11 is 1.41. The van der Waals surface area contributed by atoms with Crippen molar-refractivity contribution < 1.29 is 14.4 Å². The van der Waals surface area contributed by atoms with E-state index in [1.54, 1.807) is 17.0 Å². The highest BCUT2D eigenvalue weighted by molar-refractivity contribution is 7.12. The maximum Gasteiger partial charge on any atom is 0.313 e. The number of nitrogens with zero attached hydrogens (tertiary/aromatic N) is 1. The Morgan fingerprint density at radius 2 is 2.04 bits per heavy atom. The number of benzene rings is 1. The van der Waals surface area contributed by atoms with E-state index in [-0.39, 0.29) is 5.91 Å². The summed E-state index contributed by atoms with van der Waals surface area (Å²) in [6, 6.07) is 9.11. The van der Waals surface area contributed by atoms with Gasteiger partial charge in [0.25, 0.3) is 5.91 Å². The van der Waals surface area contributed by atoms with Gasteiger partial charge in [0.05, 0.1) is 4.88 Å². The van der Waals surface area contributed by atoms with Crippen LogP contribution in [-0.2, 0) is 16.0 Å². The van der Waals surface area contributed by atoms with E-state index in [0.29, 0.717) is 23.7 Å². The first kappa shape index (κ1) is 18.1. The van der Waals surface area contributed by atoms with Gasteiger partial charge in [-0.1, -0.05) is 19.1 Å². The quantitative estimate of drug-likeness (QED) is 0.811. The van der Waals surface area contributed by atoms with Crippen LogP contribution in [0.2, 0.25) is 0 Å². The van der Waals surface area contributed by atoms with E-state index in [2.05, 4.69) is 10.6 Å². The zero-order chi connectivity index (χ0) is 18.5. The topological polar surface area (TPSA) is 78.5 Å². The van der Waals surface area contributed by atoms with E-state index >= 15 is 0 Å². The zero-order valence-electron chi connectivity index (χ0n) is 14.6. The van der Waals surface area contributed by atoms with Crippen LogP contribution in [0.15, 0.2) is 35.7 Å². The third kappa shape index (κ3) is 3.94. The fourth-order valence-electron chi connectivity index (χ4n) is 2.90. The molecule has 0 unspecified atom stereocenters. The molecule has 1 aromatic heterocycles. The lowest BCUT2D eigenvalue weighted by molar-refractivity contribution is -0.136. The first-order valence-electron chi connectivity index (χ1n) is 8.67. The third-order valence-electron chi connectivity index (χ3n) is 4.18. The number of anilines is 2. The van der Waals surface area contributed by atoms with Gasteiger partial charge < -0.3 is 15.5 Å². The average molecular weight is 371 g/mol. The van der Waals surface area contributed by atoms with E-state index < -0.39 is 11.8 Å². The van der Waals surface area contributed by atoms with E-state index in [1.807, 2.05) is 30.5 Å². The Balaban J connectivity index is 1.79. The van der Waals surface area contributed by atoms with Crippen LogP contribution in [0.25, 0.3) is 0 Å². The van der Waals surface area contributed by atoms with Gasteiger partial charge in [-0.2, -0.15) is 0 Å². The van der Waals surface area contributed by atoms with Crippen LogP contribution in [0, 0.1) is 0 Å². The normalized spacial score (nSPS) is 13.0. The summed E-state index contributed by atoms with van der Waals surface area (Å²) in [4.78, 5) is 38.9. The van der Waals surface area contributed by atoms with Crippen molar-refractivity contribution in [1.29, 1.82) is 0 Å². The highest BCUT2D eigenvalue weighted by Crippen LogP contribution is 2.31. The second-order valence-corrected chi connectivity index (χ2v) is 7.04. The number of carbonyl (C=O) groups is 3. The summed E-state index contributed by atoms with van der Waals surface area (Å²) in [7, 11) is 0. The van der Waals surface area contributed by atoms with Gasteiger partial charge in [0.1, 0.15) is 0 Å². The Bertz CT molecular complexity index is 817. The van der Waals surface area contributed by atoms with E-state index in [0.717, 1.165) is 30.5 Å². The molecule has 0 aliphatic carbocycles. The van der Waals surface area contributed by atoms with Crippen molar-refractivity contribution in [3.63, 3.8) is 0 Å². The number of amides is 3. The van der Waals surface area contributed by atoms with Gasteiger partial charge in [0.15, 0.2) is 0 Å². The SMILES string of the molecule is CCCNC(=O)C(=O)Nc1ccc2c(c1)N(C(=O)c1cccs1)CCC2. The van der Waals surface area contributed by atoms with Crippen LogP contribution in [0.3, 0.4) is 0 Å². The average Bonchev–Trinajstić information content (AvgIpc) is 3.19. The molecule has 136 valence electrons. The molecule has 26 heavy (non-hydrogen) atoms. The van der Waals surface area contributed by atoms with E-state index in [1.165, 1.54) is 11.3 Å². The molecule has 2 aromatic rings. The number of carbonyl (C=O) groups excluding carboxylic acids is 3. The molecule has 0 radical (unpaired) electrons. The van der Waals surface area contributed by atoms with Gasteiger partial charge >= 0.3 is 11.8 Å². The maximum absolute atomic E-state index is 12.8. The fourth-order valence-corrected chi connectivity index (χ4v) is 3.58. The minimum atomic E-state index is -0.703. The van der Waals surface area contributed by atoms with Crippen molar-refractivity contribution in [2.75, 3.05) is 23.3 Å². The molecule has 0 saturated carbocycles. The Labute approximate surface area is 156 Å². The number of aryl methyl sites for hydroxylation is 1. The molecule has 0 fully saturated rings. The molecule has 0 saturated heterocycles. The minimum Gasteiger partial charge on any atom is -0.348 e. The van der Waals surface area contributed by atoms with Crippen molar-refractivity contribution in [3.05, 3.63) is 46.2 Å². The van der Waals surface area contributed by atoms with Gasteiger partial charge in [-0.05, 0) is 48.4 Å². The minimum absolute atomic E-state index is 0.0369. The molecular weight excluding hydrogens is 350 g/mol. The Hall–Kier alpha value is -2.67. The third-order valence-corrected chi connectivity index (χ3v) is 5.04.